The molecule has 0 aliphatic heterocycles. The molecule has 8 heteroatoms. The third kappa shape index (κ3) is 25.5. The van der Waals surface area contributed by atoms with E-state index in [-0.39, 0.29) is 6.42 Å². The molecule has 230 valence electrons. The second-order valence-electron chi connectivity index (χ2n) is 10.9. The molecule has 39 heavy (non-hydrogen) atoms. The summed E-state index contributed by atoms with van der Waals surface area (Å²) in [6, 6.07) is -1.24. The molecule has 0 aromatic rings. The van der Waals surface area contributed by atoms with Gasteiger partial charge in [-0.2, -0.15) is 8.42 Å². The van der Waals surface area contributed by atoms with Crippen LogP contribution in [-0.4, -0.2) is 53.1 Å². The molecule has 0 rings (SSSR count). The highest BCUT2D eigenvalue weighted by atomic mass is 32.2. The van der Waals surface area contributed by atoms with Gasteiger partial charge in [0, 0.05) is 0 Å². The number of amides is 1. The van der Waals surface area contributed by atoms with Gasteiger partial charge in [-0.3, -0.25) is 9.35 Å². The number of aliphatic hydroxyl groups is 2. The predicted octanol–water partition coefficient (Wildman–Crippen LogP) is 7.04. The monoisotopic (exact) mass is 573 g/mol. The van der Waals surface area contributed by atoms with Crippen LogP contribution in [0.3, 0.4) is 0 Å². The van der Waals surface area contributed by atoms with Crippen LogP contribution in [0.15, 0.2) is 24.3 Å². The van der Waals surface area contributed by atoms with Gasteiger partial charge in [0.05, 0.1) is 17.9 Å². The molecule has 0 saturated carbocycles. The number of nitrogens with one attached hydrogen (secondary N) is 1. The molecule has 0 saturated heterocycles. The van der Waals surface area contributed by atoms with E-state index in [4.69, 9.17) is 0 Å². The van der Waals surface area contributed by atoms with Gasteiger partial charge in [-0.25, -0.2) is 0 Å². The fourth-order valence-electron chi connectivity index (χ4n) is 4.54. The zero-order chi connectivity index (χ0) is 29.2. The van der Waals surface area contributed by atoms with Crippen LogP contribution < -0.4 is 5.32 Å². The summed E-state index contributed by atoms with van der Waals surface area (Å²) in [6.45, 7) is 4.35. The molecule has 3 unspecified atom stereocenters. The van der Waals surface area contributed by atoms with Crippen molar-refractivity contribution in [1.29, 1.82) is 0 Å². The van der Waals surface area contributed by atoms with Gasteiger partial charge >= 0.3 is 0 Å². The number of hydrogen-bond donors (Lipinski definition) is 4. The molecule has 4 N–H and O–H groups in total. The van der Waals surface area contributed by atoms with Crippen molar-refractivity contribution in [2.45, 2.75) is 161 Å². The summed E-state index contributed by atoms with van der Waals surface area (Å²) in [5.41, 5.74) is 0. The smallest absolute Gasteiger partial charge is 0.267 e. The van der Waals surface area contributed by atoms with E-state index in [1.807, 2.05) is 6.08 Å². The largest absolute Gasteiger partial charge is 0.387 e. The minimum Gasteiger partial charge on any atom is -0.387 e. The number of carbonyl (C=O) groups is 1. The molecule has 1 amide bonds. The van der Waals surface area contributed by atoms with Crippen molar-refractivity contribution >= 4 is 16.0 Å². The molecular formula is C31H59NO6S. The molecular weight excluding hydrogens is 514 g/mol. The summed E-state index contributed by atoms with van der Waals surface area (Å²) < 4.78 is 32.0. The summed E-state index contributed by atoms with van der Waals surface area (Å²) in [5.74, 6) is -1.56. The summed E-state index contributed by atoms with van der Waals surface area (Å²) in [7, 11) is -4.43. The lowest BCUT2D eigenvalue weighted by Gasteiger charge is -2.22. The lowest BCUT2D eigenvalue weighted by molar-refractivity contribution is -0.130. The number of unbranched alkanes of at least 4 members (excludes halogenated alkanes) is 16. The average molecular weight is 574 g/mol. The van der Waals surface area contributed by atoms with Crippen LogP contribution in [0.1, 0.15) is 142 Å². The molecule has 0 fully saturated rings. The molecule has 0 radical (unpaired) electrons. The Kier molecular flexibility index (Phi) is 24.9. The molecule has 0 aliphatic rings. The van der Waals surface area contributed by atoms with Crippen LogP contribution >= 0.6 is 0 Å². The minimum absolute atomic E-state index is 0.277. The lowest BCUT2D eigenvalue weighted by Crippen LogP contribution is -2.50. The maximum Gasteiger partial charge on any atom is 0.267 e. The molecule has 0 aromatic heterocycles. The Morgan fingerprint density at radius 2 is 1.15 bits per heavy atom. The third-order valence-electron chi connectivity index (χ3n) is 6.97. The van der Waals surface area contributed by atoms with Crippen LogP contribution in [0, 0.1) is 0 Å². The Labute approximate surface area is 239 Å². The Morgan fingerprint density at radius 3 is 1.64 bits per heavy atom. The Bertz CT molecular complexity index is 737. The van der Waals surface area contributed by atoms with Crippen LogP contribution in [0.2, 0.25) is 0 Å². The normalized spacial score (nSPS) is 14.7. The van der Waals surface area contributed by atoms with E-state index in [2.05, 4.69) is 25.2 Å². The van der Waals surface area contributed by atoms with Gasteiger partial charge in [0.15, 0.2) is 0 Å². The maximum atomic E-state index is 12.4. The van der Waals surface area contributed by atoms with Crippen molar-refractivity contribution in [3.63, 3.8) is 0 Å². The zero-order valence-corrected chi connectivity index (χ0v) is 25.7. The van der Waals surface area contributed by atoms with Crippen molar-refractivity contribution < 1.29 is 28.0 Å². The fourth-order valence-corrected chi connectivity index (χ4v) is 5.27. The van der Waals surface area contributed by atoms with Gasteiger partial charge in [-0.05, 0) is 25.7 Å². The number of aliphatic hydroxyl groups excluding tert-OH is 2. The van der Waals surface area contributed by atoms with Crippen molar-refractivity contribution in [2.75, 3.05) is 5.75 Å². The van der Waals surface area contributed by atoms with Gasteiger partial charge in [-0.1, -0.05) is 141 Å². The van der Waals surface area contributed by atoms with Crippen LogP contribution in [0.5, 0.6) is 0 Å². The van der Waals surface area contributed by atoms with Crippen LogP contribution in [0.4, 0.5) is 0 Å². The van der Waals surface area contributed by atoms with Crippen molar-refractivity contribution in [3.8, 4) is 0 Å². The number of carbonyl (C=O) groups excluding carboxylic acids is 1. The average Bonchev–Trinajstić information content (AvgIpc) is 2.88. The minimum atomic E-state index is -4.43. The van der Waals surface area contributed by atoms with E-state index in [1.165, 1.54) is 76.7 Å². The molecule has 0 spiro atoms. The van der Waals surface area contributed by atoms with E-state index in [1.54, 1.807) is 6.08 Å². The van der Waals surface area contributed by atoms with Gasteiger partial charge in [0.1, 0.15) is 6.10 Å². The van der Waals surface area contributed by atoms with Crippen LogP contribution in [-0.2, 0) is 14.9 Å². The zero-order valence-electron chi connectivity index (χ0n) is 24.9. The van der Waals surface area contributed by atoms with Gasteiger partial charge in [0.2, 0.25) is 5.91 Å². The highest BCUT2D eigenvalue weighted by Crippen LogP contribution is 2.14. The topological polar surface area (TPSA) is 124 Å². The second-order valence-corrected chi connectivity index (χ2v) is 12.4. The van der Waals surface area contributed by atoms with Crippen molar-refractivity contribution in [2.24, 2.45) is 0 Å². The third-order valence-corrected chi connectivity index (χ3v) is 7.75. The standard InChI is InChI=1S/C31H59NO6S/c1-3-5-7-9-11-12-13-14-15-16-17-18-20-22-24-26-30(34)31(35)32-28(27-39(36,37)38)29(33)25-23-21-19-10-8-6-4-2/h8,10,23,25,28-30,33-34H,3-7,9,11-22,24,26-27H2,1-2H3,(H,32,35)(H,36,37,38)/b10-8+,25-23+. The van der Waals surface area contributed by atoms with E-state index in [9.17, 15) is 28.0 Å². The maximum absolute atomic E-state index is 12.4. The summed E-state index contributed by atoms with van der Waals surface area (Å²) >= 11 is 0. The number of rotatable bonds is 27. The SMILES string of the molecule is CCC/C=C/CC/C=C/C(O)C(CS(=O)(=O)O)NC(=O)C(O)CCCCCCCCCCCCCCCCC. The summed E-state index contributed by atoms with van der Waals surface area (Å²) in [5, 5.41) is 23.0. The Hall–Kier alpha value is -1.22. The van der Waals surface area contributed by atoms with Gasteiger partial charge in [-0.15, -0.1) is 0 Å². The number of hydrogen-bond acceptors (Lipinski definition) is 5. The highest BCUT2D eigenvalue weighted by Gasteiger charge is 2.27. The molecule has 7 nitrogen and oxygen atoms in total. The van der Waals surface area contributed by atoms with Crippen molar-refractivity contribution in [3.05, 3.63) is 24.3 Å². The first-order valence-electron chi connectivity index (χ1n) is 15.6. The number of allylic oxidation sites excluding steroid dienone is 3. The van der Waals surface area contributed by atoms with E-state index < -0.39 is 40.0 Å². The highest BCUT2D eigenvalue weighted by molar-refractivity contribution is 7.85. The first kappa shape index (κ1) is 37.8. The van der Waals surface area contributed by atoms with Gasteiger partial charge in [0.25, 0.3) is 10.1 Å². The first-order valence-corrected chi connectivity index (χ1v) is 17.3. The van der Waals surface area contributed by atoms with Crippen molar-refractivity contribution in [1.82, 2.24) is 5.32 Å². The van der Waals surface area contributed by atoms with E-state index in [0.717, 1.165) is 38.5 Å². The molecule has 0 aliphatic carbocycles. The molecule has 0 aromatic carbocycles. The van der Waals surface area contributed by atoms with E-state index >= 15 is 0 Å². The Balaban J connectivity index is 4.11. The summed E-state index contributed by atoms with van der Waals surface area (Å²) in [6.07, 6.45) is 27.0. The van der Waals surface area contributed by atoms with E-state index in [0.29, 0.717) is 12.8 Å². The predicted molar refractivity (Wildman–Crippen MR) is 162 cm³/mol. The van der Waals surface area contributed by atoms with Crippen LogP contribution in [0.25, 0.3) is 0 Å². The second kappa shape index (κ2) is 25.7. The molecule has 3 atom stereocenters. The quantitative estimate of drug-likeness (QED) is 0.0475. The lowest BCUT2D eigenvalue weighted by atomic mass is 10.0. The molecule has 0 heterocycles. The Morgan fingerprint density at radius 1 is 0.692 bits per heavy atom. The fraction of sp³-hybridized carbons (Fsp3) is 0.839. The molecule has 0 bridgehead atoms. The van der Waals surface area contributed by atoms with Gasteiger partial charge < -0.3 is 15.5 Å². The summed E-state index contributed by atoms with van der Waals surface area (Å²) in [4.78, 5) is 12.4. The first-order chi connectivity index (χ1) is 18.7.